The van der Waals surface area contributed by atoms with E-state index in [4.69, 9.17) is 0 Å². The molecule has 0 radical (unpaired) electrons. The summed E-state index contributed by atoms with van der Waals surface area (Å²) in [5.41, 5.74) is 3.18. The lowest BCUT2D eigenvalue weighted by Crippen LogP contribution is -2.11. The van der Waals surface area contributed by atoms with Crippen LogP contribution in [0.5, 0.6) is 0 Å². The third kappa shape index (κ3) is 6.28. The number of aliphatic imine (C=N–C) groups is 1. The molecule has 2 nitrogen and oxygen atoms in total. The first-order chi connectivity index (χ1) is 6.99. The van der Waals surface area contributed by atoms with Crippen molar-refractivity contribution in [3.05, 3.63) is 34.0 Å². The van der Waals surface area contributed by atoms with Crippen LogP contribution >= 0.6 is 15.9 Å². The van der Waals surface area contributed by atoms with Crippen LogP contribution in [0.3, 0.4) is 0 Å². The molecule has 0 aliphatic carbocycles. The van der Waals surface area contributed by atoms with E-state index in [2.05, 4.69) is 46.7 Å². The molecule has 0 aliphatic heterocycles. The Morgan fingerprint density at radius 1 is 1.40 bits per heavy atom. The summed E-state index contributed by atoms with van der Waals surface area (Å²) in [6, 6.07) is 0. The summed E-state index contributed by atoms with van der Waals surface area (Å²) in [7, 11) is 0. The third-order valence-corrected chi connectivity index (χ3v) is 2.72. The summed E-state index contributed by atoms with van der Waals surface area (Å²) >= 11 is 3.50. The Bertz CT molecular complexity index is 308. The molecule has 0 unspecified atom stereocenters. The maximum absolute atomic E-state index is 4.10. The molecule has 0 aliphatic rings. The van der Waals surface area contributed by atoms with E-state index in [0.717, 1.165) is 22.3 Å². The molecule has 0 saturated carbocycles. The smallest absolute Gasteiger partial charge is 0.0867 e. The summed E-state index contributed by atoms with van der Waals surface area (Å²) in [5, 5.41) is 3.11. The first-order valence-corrected chi connectivity index (χ1v) is 5.73. The Morgan fingerprint density at radius 2 is 2.00 bits per heavy atom. The fraction of sp³-hybridized carbons (Fsp3) is 0.417. The van der Waals surface area contributed by atoms with Gasteiger partial charge in [-0.25, -0.2) is 0 Å². The van der Waals surface area contributed by atoms with E-state index >= 15 is 0 Å². The Hall–Kier alpha value is -0.830. The monoisotopic (exact) mass is 270 g/mol. The van der Waals surface area contributed by atoms with Gasteiger partial charge in [0.15, 0.2) is 0 Å². The highest BCUT2D eigenvalue weighted by Crippen LogP contribution is 2.16. The number of nitrogens with zero attached hydrogens (tertiary/aromatic N) is 1. The van der Waals surface area contributed by atoms with Gasteiger partial charge in [0, 0.05) is 16.7 Å². The standard InChI is InChI=1S/C12H19BrN2/c1-6-14-8-15-12(10(4)5)7-11(13)9(2)3/h7-8H,4,6H2,1-3,5H3,(H,14,15)/b12-7+. The van der Waals surface area contributed by atoms with Crippen molar-refractivity contribution < 1.29 is 0 Å². The van der Waals surface area contributed by atoms with E-state index in [1.807, 2.05) is 19.9 Å². The van der Waals surface area contributed by atoms with Crippen molar-refractivity contribution in [3.8, 4) is 0 Å². The molecule has 0 amide bonds. The Labute approximate surface area is 101 Å². The van der Waals surface area contributed by atoms with Crippen LogP contribution in [-0.2, 0) is 0 Å². The van der Waals surface area contributed by atoms with E-state index in [1.54, 1.807) is 6.34 Å². The summed E-state index contributed by atoms with van der Waals surface area (Å²) in [6.07, 6.45) is 3.71. The molecule has 0 rings (SSSR count). The molecular formula is C12H19BrN2. The molecule has 84 valence electrons. The molecular weight excluding hydrogens is 252 g/mol. The zero-order valence-corrected chi connectivity index (χ0v) is 11.5. The topological polar surface area (TPSA) is 24.4 Å². The van der Waals surface area contributed by atoms with Crippen molar-refractivity contribution in [1.29, 1.82) is 0 Å². The average molecular weight is 271 g/mol. The molecule has 15 heavy (non-hydrogen) atoms. The zero-order chi connectivity index (χ0) is 11.8. The molecule has 0 atom stereocenters. The van der Waals surface area contributed by atoms with Crippen molar-refractivity contribution in [3.63, 3.8) is 0 Å². The minimum absolute atomic E-state index is 0.778. The Morgan fingerprint density at radius 3 is 2.40 bits per heavy atom. The second-order valence-electron chi connectivity index (χ2n) is 3.46. The normalized spacial score (nSPS) is 11.7. The van der Waals surface area contributed by atoms with Gasteiger partial charge in [0.1, 0.15) is 0 Å². The highest BCUT2D eigenvalue weighted by molar-refractivity contribution is 9.11. The fourth-order valence-electron chi connectivity index (χ4n) is 0.766. The van der Waals surface area contributed by atoms with Crippen LogP contribution in [0.1, 0.15) is 27.7 Å². The first kappa shape index (κ1) is 14.2. The average Bonchev–Trinajstić information content (AvgIpc) is 2.15. The molecule has 0 fully saturated rings. The van der Waals surface area contributed by atoms with E-state index in [1.165, 1.54) is 5.57 Å². The third-order valence-electron chi connectivity index (χ3n) is 1.70. The maximum atomic E-state index is 4.10. The van der Waals surface area contributed by atoms with Crippen molar-refractivity contribution in [2.24, 2.45) is 4.99 Å². The van der Waals surface area contributed by atoms with E-state index < -0.39 is 0 Å². The van der Waals surface area contributed by atoms with E-state index in [0.29, 0.717) is 0 Å². The van der Waals surface area contributed by atoms with Crippen LogP contribution < -0.4 is 5.32 Å². The van der Waals surface area contributed by atoms with Gasteiger partial charge < -0.3 is 5.32 Å². The summed E-state index contributed by atoms with van der Waals surface area (Å²) < 4.78 is 1.07. The predicted octanol–water partition coefficient (Wildman–Crippen LogP) is 3.77. The van der Waals surface area contributed by atoms with E-state index in [9.17, 15) is 0 Å². The zero-order valence-electron chi connectivity index (χ0n) is 9.89. The van der Waals surface area contributed by atoms with Crippen molar-refractivity contribution in [2.45, 2.75) is 27.7 Å². The molecule has 0 heterocycles. The highest BCUT2D eigenvalue weighted by atomic mass is 79.9. The maximum Gasteiger partial charge on any atom is 0.0867 e. The Balaban J connectivity index is 4.75. The lowest BCUT2D eigenvalue weighted by Gasteiger charge is -2.06. The van der Waals surface area contributed by atoms with Crippen molar-refractivity contribution in [2.75, 3.05) is 6.54 Å². The molecule has 1 N–H and O–H groups in total. The van der Waals surface area contributed by atoms with Gasteiger partial charge in [0.2, 0.25) is 0 Å². The van der Waals surface area contributed by atoms with Gasteiger partial charge in [-0.05, 0) is 39.3 Å². The first-order valence-electron chi connectivity index (χ1n) is 4.94. The summed E-state index contributed by atoms with van der Waals surface area (Å²) in [6.45, 7) is 12.8. The van der Waals surface area contributed by atoms with Gasteiger partial charge in [0.05, 0.1) is 6.34 Å². The fourth-order valence-corrected chi connectivity index (χ4v) is 0.995. The quantitative estimate of drug-likeness (QED) is 0.459. The number of allylic oxidation sites excluding steroid dienone is 4. The lowest BCUT2D eigenvalue weighted by molar-refractivity contribution is 1.08. The van der Waals surface area contributed by atoms with Gasteiger partial charge >= 0.3 is 0 Å². The SMILES string of the molecule is C=C(C)/C(=C\C(Br)=C(C)C)NC=NCC. The van der Waals surface area contributed by atoms with Crippen LogP contribution in [0, 0.1) is 0 Å². The number of rotatable bonds is 5. The molecule has 0 bridgehead atoms. The van der Waals surface area contributed by atoms with Gasteiger partial charge in [-0.2, -0.15) is 0 Å². The molecule has 3 heteroatoms. The molecule has 0 spiro atoms. The minimum atomic E-state index is 0.778. The largest absolute Gasteiger partial charge is 0.346 e. The molecule has 0 aromatic rings. The molecule has 0 aromatic heterocycles. The summed E-state index contributed by atoms with van der Waals surface area (Å²) in [5.74, 6) is 0. The minimum Gasteiger partial charge on any atom is -0.346 e. The van der Waals surface area contributed by atoms with Crippen LogP contribution in [0.25, 0.3) is 0 Å². The van der Waals surface area contributed by atoms with Gasteiger partial charge in [-0.1, -0.05) is 28.1 Å². The van der Waals surface area contributed by atoms with Crippen LogP contribution in [0.15, 0.2) is 39.0 Å². The molecule has 0 saturated heterocycles. The van der Waals surface area contributed by atoms with Gasteiger partial charge in [-0.15, -0.1) is 0 Å². The van der Waals surface area contributed by atoms with Crippen LogP contribution in [0.2, 0.25) is 0 Å². The number of nitrogens with one attached hydrogen (secondary N) is 1. The van der Waals surface area contributed by atoms with E-state index in [-0.39, 0.29) is 0 Å². The molecule has 0 aromatic carbocycles. The highest BCUT2D eigenvalue weighted by Gasteiger charge is 1.97. The van der Waals surface area contributed by atoms with Crippen molar-refractivity contribution in [1.82, 2.24) is 5.32 Å². The lowest BCUT2D eigenvalue weighted by atomic mass is 10.2. The van der Waals surface area contributed by atoms with Crippen LogP contribution in [0.4, 0.5) is 0 Å². The Kier molecular flexibility index (Phi) is 7.05. The second kappa shape index (κ2) is 7.46. The summed E-state index contributed by atoms with van der Waals surface area (Å²) in [4.78, 5) is 4.10. The van der Waals surface area contributed by atoms with Crippen molar-refractivity contribution >= 4 is 22.3 Å². The number of halogens is 1. The number of hydrogen-bond donors (Lipinski definition) is 1. The van der Waals surface area contributed by atoms with Gasteiger partial charge in [0.25, 0.3) is 0 Å². The number of hydrogen-bond acceptors (Lipinski definition) is 1. The van der Waals surface area contributed by atoms with Crippen LogP contribution in [-0.4, -0.2) is 12.9 Å². The predicted molar refractivity (Wildman–Crippen MR) is 72.4 cm³/mol. The second-order valence-corrected chi connectivity index (χ2v) is 4.31. The van der Waals surface area contributed by atoms with Gasteiger partial charge in [-0.3, -0.25) is 4.99 Å².